The minimum Gasteiger partial charge on any atom is -0.506 e. The Morgan fingerprint density at radius 1 is 1.26 bits per heavy atom. The van der Waals surface area contributed by atoms with Crippen molar-refractivity contribution in [2.75, 3.05) is 0 Å². The lowest BCUT2D eigenvalue weighted by Crippen LogP contribution is -2.12. The molecule has 2 N–H and O–H groups in total. The summed E-state index contributed by atoms with van der Waals surface area (Å²) < 4.78 is 2.70. The van der Waals surface area contributed by atoms with E-state index in [1.165, 1.54) is 0 Å². The monoisotopic (exact) mass is 424 g/mol. The maximum atomic E-state index is 9.91. The fourth-order valence-electron chi connectivity index (χ4n) is 2.21. The summed E-state index contributed by atoms with van der Waals surface area (Å²) in [6.45, 7) is 8.08. The van der Waals surface area contributed by atoms with Gasteiger partial charge in [0.05, 0.1) is 5.69 Å². The van der Waals surface area contributed by atoms with Gasteiger partial charge in [-0.3, -0.25) is 5.10 Å². The van der Waals surface area contributed by atoms with E-state index < -0.39 is 0 Å². The van der Waals surface area contributed by atoms with E-state index in [1.54, 1.807) is 16.6 Å². The molecule has 0 aliphatic carbocycles. The number of aromatic hydroxyl groups is 1. The zero-order chi connectivity index (χ0) is 16.8. The molecule has 0 atom stereocenters. The summed E-state index contributed by atoms with van der Waals surface area (Å²) in [6, 6.07) is 5.19. The summed E-state index contributed by atoms with van der Waals surface area (Å²) in [5, 5.41) is 30.2. The van der Waals surface area contributed by atoms with Crippen molar-refractivity contribution in [2.45, 2.75) is 33.1 Å². The zero-order valence-electron chi connectivity index (χ0n) is 13.3. The van der Waals surface area contributed by atoms with Gasteiger partial charge in [-0.05, 0) is 47.7 Å². The van der Waals surface area contributed by atoms with Crippen molar-refractivity contribution in [3.63, 3.8) is 0 Å². The number of nitrogens with zero attached hydrogens (tertiary/aromatic N) is 5. The topological polar surface area (TPSA) is 90.9 Å². The van der Waals surface area contributed by atoms with Crippen molar-refractivity contribution < 1.29 is 5.11 Å². The summed E-state index contributed by atoms with van der Waals surface area (Å²) in [5.74, 6) is 0.847. The molecule has 0 aliphatic rings. The molecule has 2 heterocycles. The Kier molecular flexibility index (Phi) is 3.86. The number of aromatic amines is 1. The van der Waals surface area contributed by atoms with Crippen LogP contribution in [0.15, 0.2) is 28.4 Å². The number of hydrogen-bond donors (Lipinski definition) is 2. The average Bonchev–Trinajstić information content (AvgIpc) is 3.00. The Morgan fingerprint density at radius 2 is 2.00 bits per heavy atom. The Hall–Kier alpha value is -1.97. The third-order valence-electron chi connectivity index (χ3n) is 3.40. The second kappa shape index (κ2) is 5.59. The van der Waals surface area contributed by atoms with Crippen LogP contribution in [-0.2, 0) is 5.41 Å². The molecule has 1 aromatic carbocycles. The van der Waals surface area contributed by atoms with Crippen molar-refractivity contribution in [1.29, 1.82) is 0 Å². The summed E-state index contributed by atoms with van der Waals surface area (Å²) >= 11 is 2.17. The van der Waals surface area contributed by atoms with Gasteiger partial charge in [0.2, 0.25) is 0 Å². The molecule has 0 saturated heterocycles. The van der Waals surface area contributed by atoms with Gasteiger partial charge in [-0.25, -0.2) is 0 Å². The molecule has 0 amide bonds. The lowest BCUT2D eigenvalue weighted by Gasteiger charge is -2.15. The minimum atomic E-state index is -0.194. The number of phenolic OH excluding ortho intramolecular Hbond substituents is 1. The molecular weight excluding hydrogens is 407 g/mol. The molecule has 0 fully saturated rings. The van der Waals surface area contributed by atoms with Crippen LogP contribution in [-0.4, -0.2) is 24.9 Å². The second-order valence-corrected chi connectivity index (χ2v) is 7.56. The summed E-state index contributed by atoms with van der Waals surface area (Å²) in [7, 11) is 0. The second-order valence-electron chi connectivity index (χ2n) is 6.31. The van der Waals surface area contributed by atoms with Gasteiger partial charge in [0.15, 0.2) is 11.3 Å². The number of nitrogens with one attached hydrogen (secondary N) is 1. The smallest absolute Gasteiger partial charge is 0.179 e. The lowest BCUT2D eigenvalue weighted by molar-refractivity contribution is 0.476. The highest BCUT2D eigenvalue weighted by Gasteiger charge is 2.26. The predicted octanol–water partition coefficient (Wildman–Crippen LogP) is 4.39. The molecule has 120 valence electrons. The van der Waals surface area contributed by atoms with Crippen LogP contribution in [0.5, 0.6) is 5.75 Å². The molecule has 0 radical (unpaired) electrons. The van der Waals surface area contributed by atoms with E-state index >= 15 is 0 Å². The van der Waals surface area contributed by atoms with E-state index in [0.717, 1.165) is 15.1 Å². The largest absolute Gasteiger partial charge is 0.506 e. The molecule has 0 spiro atoms. The van der Waals surface area contributed by atoms with E-state index in [0.29, 0.717) is 17.0 Å². The Morgan fingerprint density at radius 3 is 2.70 bits per heavy atom. The molecule has 0 saturated carbocycles. The van der Waals surface area contributed by atoms with Crippen LogP contribution in [0.1, 0.15) is 32.3 Å². The van der Waals surface area contributed by atoms with Gasteiger partial charge in [-0.2, -0.15) is 14.7 Å². The molecule has 3 aromatic rings. The van der Waals surface area contributed by atoms with Gasteiger partial charge in [-0.1, -0.05) is 20.8 Å². The summed E-state index contributed by atoms with van der Waals surface area (Å²) in [4.78, 5) is 0. The molecule has 3 rings (SSSR count). The molecule has 7 nitrogen and oxygen atoms in total. The van der Waals surface area contributed by atoms with Gasteiger partial charge in [0.25, 0.3) is 0 Å². The van der Waals surface area contributed by atoms with Crippen molar-refractivity contribution in [3.05, 3.63) is 33.3 Å². The number of phenols is 1. The van der Waals surface area contributed by atoms with E-state index in [4.69, 9.17) is 0 Å². The molecular formula is C15H17IN6O. The lowest BCUT2D eigenvalue weighted by atomic mass is 9.91. The van der Waals surface area contributed by atoms with Crippen molar-refractivity contribution in [2.24, 2.45) is 10.2 Å². The van der Waals surface area contributed by atoms with E-state index in [1.807, 2.05) is 13.0 Å². The van der Waals surface area contributed by atoms with Gasteiger partial charge < -0.3 is 5.11 Å². The van der Waals surface area contributed by atoms with Crippen molar-refractivity contribution >= 4 is 39.6 Å². The Labute approximate surface area is 147 Å². The molecule has 0 aliphatic heterocycles. The molecule has 23 heavy (non-hydrogen) atoms. The molecule has 2 aromatic heterocycles. The van der Waals surface area contributed by atoms with Gasteiger partial charge >= 0.3 is 0 Å². The highest BCUT2D eigenvalue weighted by Crippen LogP contribution is 2.36. The third kappa shape index (κ3) is 2.94. The Balaban J connectivity index is 2.15. The van der Waals surface area contributed by atoms with Gasteiger partial charge in [0, 0.05) is 8.99 Å². The van der Waals surface area contributed by atoms with Crippen LogP contribution in [0, 0.1) is 10.5 Å². The van der Waals surface area contributed by atoms with Crippen molar-refractivity contribution in [1.82, 2.24) is 19.8 Å². The molecule has 8 heteroatoms. The third-order valence-corrected chi connectivity index (χ3v) is 4.07. The van der Waals surface area contributed by atoms with Crippen LogP contribution in [0.4, 0.5) is 11.4 Å². The first-order valence-corrected chi connectivity index (χ1v) is 8.19. The highest BCUT2D eigenvalue weighted by atomic mass is 127. The first-order chi connectivity index (χ1) is 10.8. The number of azo groups is 1. The van der Waals surface area contributed by atoms with E-state index in [-0.39, 0.29) is 11.2 Å². The average molecular weight is 424 g/mol. The van der Waals surface area contributed by atoms with Crippen LogP contribution >= 0.6 is 22.6 Å². The number of rotatable bonds is 2. The fraction of sp³-hybridized carbons (Fsp3) is 0.333. The first kappa shape index (κ1) is 15.9. The van der Waals surface area contributed by atoms with Crippen LogP contribution in [0.2, 0.25) is 0 Å². The van der Waals surface area contributed by atoms with Crippen molar-refractivity contribution in [3.8, 4) is 5.75 Å². The first-order valence-electron chi connectivity index (χ1n) is 7.12. The number of fused-ring (bicyclic) bond motifs is 1. The Bertz CT molecular complexity index is 903. The maximum absolute atomic E-state index is 9.91. The number of hydrogen-bond acceptors (Lipinski definition) is 5. The van der Waals surface area contributed by atoms with Crippen LogP contribution in [0.25, 0.3) is 5.65 Å². The predicted molar refractivity (Wildman–Crippen MR) is 95.8 cm³/mol. The standard InChI is InChI=1S/C15H17IN6O/c1-8-17-20-14-12(13(15(2,3)4)21-22(8)14)19-18-10-7-9(16)5-6-11(10)23/h5-7,20,23H,1-4H3/b19-18+. The number of aromatic nitrogens is 4. The van der Waals surface area contributed by atoms with Crippen LogP contribution in [0.3, 0.4) is 0 Å². The number of benzene rings is 1. The SMILES string of the molecule is Cc1n[nH]c2c(/N=N/c3cc(I)ccc3O)c(C(C)(C)C)nn12. The number of H-pyrrole nitrogens is 1. The maximum Gasteiger partial charge on any atom is 0.179 e. The molecule has 0 unspecified atom stereocenters. The number of halogens is 1. The van der Waals surface area contributed by atoms with Gasteiger partial charge in [0.1, 0.15) is 17.3 Å². The van der Waals surface area contributed by atoms with Crippen LogP contribution < -0.4 is 0 Å². The highest BCUT2D eigenvalue weighted by molar-refractivity contribution is 14.1. The minimum absolute atomic E-state index is 0.0932. The summed E-state index contributed by atoms with van der Waals surface area (Å²) in [5.41, 5.74) is 2.38. The van der Waals surface area contributed by atoms with Gasteiger partial charge in [-0.15, -0.1) is 10.2 Å². The fourth-order valence-corrected chi connectivity index (χ4v) is 2.68. The zero-order valence-corrected chi connectivity index (χ0v) is 15.5. The summed E-state index contributed by atoms with van der Waals surface area (Å²) in [6.07, 6.45) is 0. The van der Waals surface area contributed by atoms with E-state index in [2.05, 4.69) is 68.9 Å². The quantitative estimate of drug-likeness (QED) is 0.472. The normalized spacial score (nSPS) is 12.6. The molecule has 0 bridgehead atoms. The van der Waals surface area contributed by atoms with E-state index in [9.17, 15) is 5.11 Å². The number of aryl methyl sites for hydroxylation is 1.